The van der Waals surface area contributed by atoms with E-state index in [1.807, 2.05) is 6.92 Å². The summed E-state index contributed by atoms with van der Waals surface area (Å²) in [6.45, 7) is 4.72. The monoisotopic (exact) mass is 169 g/mol. The van der Waals surface area contributed by atoms with Crippen molar-refractivity contribution in [2.75, 3.05) is 26.8 Å². The minimum absolute atomic E-state index is 0.800. The lowest BCUT2D eigenvalue weighted by molar-refractivity contribution is 0.199. The van der Waals surface area contributed by atoms with Gasteiger partial charge >= 0.3 is 0 Å². The van der Waals surface area contributed by atoms with Crippen LogP contribution in [0.1, 0.15) is 26.2 Å². The average Bonchev–Trinajstić information content (AvgIpc) is 2.10. The van der Waals surface area contributed by atoms with E-state index in [-0.39, 0.29) is 0 Å². The SMILES string of the molecule is CC#CCCCCNCCOC. The van der Waals surface area contributed by atoms with Crippen LogP contribution in [0.4, 0.5) is 0 Å². The van der Waals surface area contributed by atoms with Crippen LogP contribution in [0.2, 0.25) is 0 Å². The van der Waals surface area contributed by atoms with Crippen LogP contribution in [0.3, 0.4) is 0 Å². The van der Waals surface area contributed by atoms with E-state index in [4.69, 9.17) is 4.74 Å². The summed E-state index contributed by atoms with van der Waals surface area (Å²) >= 11 is 0. The highest BCUT2D eigenvalue weighted by atomic mass is 16.5. The second-order valence-corrected chi connectivity index (χ2v) is 2.63. The lowest BCUT2D eigenvalue weighted by Gasteiger charge is -2.01. The molecule has 0 aromatic rings. The summed E-state index contributed by atoms with van der Waals surface area (Å²) in [5.41, 5.74) is 0. The van der Waals surface area contributed by atoms with Gasteiger partial charge in [0.2, 0.25) is 0 Å². The summed E-state index contributed by atoms with van der Waals surface area (Å²) in [5, 5.41) is 3.29. The van der Waals surface area contributed by atoms with Crippen molar-refractivity contribution < 1.29 is 4.74 Å². The second kappa shape index (κ2) is 10.5. The first-order valence-corrected chi connectivity index (χ1v) is 4.51. The largest absolute Gasteiger partial charge is 0.383 e. The van der Waals surface area contributed by atoms with E-state index in [1.54, 1.807) is 7.11 Å². The summed E-state index contributed by atoms with van der Waals surface area (Å²) in [5.74, 6) is 5.94. The van der Waals surface area contributed by atoms with E-state index in [9.17, 15) is 0 Å². The van der Waals surface area contributed by atoms with Crippen molar-refractivity contribution in [2.45, 2.75) is 26.2 Å². The maximum absolute atomic E-state index is 4.90. The highest BCUT2D eigenvalue weighted by Crippen LogP contribution is 1.91. The predicted molar refractivity (Wildman–Crippen MR) is 52.0 cm³/mol. The molecular formula is C10H19NO. The fourth-order valence-electron chi connectivity index (χ4n) is 0.888. The molecule has 2 nitrogen and oxygen atoms in total. The van der Waals surface area contributed by atoms with Crippen LogP contribution in [0.5, 0.6) is 0 Å². The molecule has 0 unspecified atom stereocenters. The first kappa shape index (κ1) is 11.5. The number of ether oxygens (including phenoxy) is 1. The molecule has 0 aromatic heterocycles. The second-order valence-electron chi connectivity index (χ2n) is 2.63. The normalized spacial score (nSPS) is 9.17. The number of hydrogen-bond donors (Lipinski definition) is 1. The zero-order valence-corrected chi connectivity index (χ0v) is 8.15. The van der Waals surface area contributed by atoms with Crippen LogP contribution in [0, 0.1) is 11.8 Å². The Morgan fingerprint density at radius 1 is 1.25 bits per heavy atom. The van der Waals surface area contributed by atoms with Gasteiger partial charge in [0.25, 0.3) is 0 Å². The van der Waals surface area contributed by atoms with Crippen molar-refractivity contribution in [1.29, 1.82) is 0 Å². The van der Waals surface area contributed by atoms with Crippen molar-refractivity contribution in [3.63, 3.8) is 0 Å². The zero-order valence-electron chi connectivity index (χ0n) is 8.15. The molecule has 0 saturated heterocycles. The first-order chi connectivity index (χ1) is 5.91. The Balaban J connectivity index is 2.84. The average molecular weight is 169 g/mol. The van der Waals surface area contributed by atoms with Crippen LogP contribution in [-0.4, -0.2) is 26.8 Å². The van der Waals surface area contributed by atoms with Crippen molar-refractivity contribution in [2.24, 2.45) is 0 Å². The van der Waals surface area contributed by atoms with Gasteiger partial charge in [-0.2, -0.15) is 0 Å². The molecule has 0 aliphatic carbocycles. The lowest BCUT2D eigenvalue weighted by Crippen LogP contribution is -2.20. The highest BCUT2D eigenvalue weighted by Gasteiger charge is 1.86. The van der Waals surface area contributed by atoms with Crippen molar-refractivity contribution in [1.82, 2.24) is 5.32 Å². The van der Waals surface area contributed by atoms with Crippen molar-refractivity contribution in [3.05, 3.63) is 0 Å². The van der Waals surface area contributed by atoms with Gasteiger partial charge in [-0.05, 0) is 26.3 Å². The molecule has 0 amide bonds. The zero-order chi connectivity index (χ0) is 9.07. The molecule has 2 heteroatoms. The van der Waals surface area contributed by atoms with E-state index in [0.717, 1.165) is 26.1 Å². The van der Waals surface area contributed by atoms with Gasteiger partial charge < -0.3 is 10.1 Å². The van der Waals surface area contributed by atoms with Crippen LogP contribution >= 0.6 is 0 Å². The van der Waals surface area contributed by atoms with Gasteiger partial charge in [0.1, 0.15) is 0 Å². The third-order valence-electron chi connectivity index (χ3n) is 1.57. The molecule has 0 rings (SSSR count). The molecule has 0 aliphatic heterocycles. The molecule has 0 fully saturated rings. The van der Waals surface area contributed by atoms with Crippen LogP contribution in [0.25, 0.3) is 0 Å². The van der Waals surface area contributed by atoms with E-state index in [2.05, 4.69) is 17.2 Å². The van der Waals surface area contributed by atoms with E-state index >= 15 is 0 Å². The number of methoxy groups -OCH3 is 1. The van der Waals surface area contributed by atoms with Gasteiger partial charge in [0.05, 0.1) is 6.61 Å². The number of rotatable bonds is 7. The Hall–Kier alpha value is -0.520. The molecule has 0 aliphatic rings. The Kier molecular flexibility index (Phi) is 10.0. The van der Waals surface area contributed by atoms with E-state index in [1.165, 1.54) is 12.8 Å². The molecular weight excluding hydrogens is 150 g/mol. The predicted octanol–water partition coefficient (Wildman–Crippen LogP) is 1.42. The molecule has 70 valence electrons. The Labute approximate surface area is 75.7 Å². The molecule has 0 radical (unpaired) electrons. The maximum atomic E-state index is 4.90. The Morgan fingerprint density at radius 2 is 2.08 bits per heavy atom. The number of unbranched alkanes of at least 4 members (excludes halogenated alkanes) is 2. The van der Waals surface area contributed by atoms with Gasteiger partial charge in [-0.3, -0.25) is 0 Å². The molecule has 0 bridgehead atoms. The summed E-state index contributed by atoms with van der Waals surface area (Å²) < 4.78 is 4.90. The standard InChI is InChI=1S/C10H19NO/c1-3-4-5-6-7-8-11-9-10-12-2/h11H,5-10H2,1-2H3. The molecule has 0 spiro atoms. The Morgan fingerprint density at radius 3 is 2.75 bits per heavy atom. The molecule has 0 saturated carbocycles. The van der Waals surface area contributed by atoms with Gasteiger partial charge in [0.15, 0.2) is 0 Å². The fourth-order valence-corrected chi connectivity index (χ4v) is 0.888. The van der Waals surface area contributed by atoms with Crippen LogP contribution < -0.4 is 5.32 Å². The van der Waals surface area contributed by atoms with Gasteiger partial charge in [0, 0.05) is 20.1 Å². The third-order valence-corrected chi connectivity index (χ3v) is 1.57. The minimum atomic E-state index is 0.800. The van der Waals surface area contributed by atoms with Gasteiger partial charge in [-0.1, -0.05) is 0 Å². The molecule has 0 atom stereocenters. The van der Waals surface area contributed by atoms with E-state index in [0.29, 0.717) is 0 Å². The fraction of sp³-hybridized carbons (Fsp3) is 0.800. The summed E-state index contributed by atoms with van der Waals surface area (Å²) in [7, 11) is 1.72. The number of hydrogen-bond acceptors (Lipinski definition) is 2. The molecule has 0 aromatic carbocycles. The smallest absolute Gasteiger partial charge is 0.0587 e. The Bertz CT molecular complexity index is 135. The van der Waals surface area contributed by atoms with Gasteiger partial charge in [-0.15, -0.1) is 11.8 Å². The van der Waals surface area contributed by atoms with E-state index < -0.39 is 0 Å². The van der Waals surface area contributed by atoms with Crippen LogP contribution in [0.15, 0.2) is 0 Å². The highest BCUT2D eigenvalue weighted by molar-refractivity contribution is 4.94. The minimum Gasteiger partial charge on any atom is -0.383 e. The van der Waals surface area contributed by atoms with Gasteiger partial charge in [-0.25, -0.2) is 0 Å². The first-order valence-electron chi connectivity index (χ1n) is 4.51. The maximum Gasteiger partial charge on any atom is 0.0587 e. The van der Waals surface area contributed by atoms with Crippen molar-refractivity contribution >= 4 is 0 Å². The summed E-state index contributed by atoms with van der Waals surface area (Å²) in [6.07, 6.45) is 3.43. The topological polar surface area (TPSA) is 21.3 Å². The quantitative estimate of drug-likeness (QED) is 0.459. The molecule has 1 N–H and O–H groups in total. The van der Waals surface area contributed by atoms with Crippen molar-refractivity contribution in [3.8, 4) is 11.8 Å². The third kappa shape index (κ3) is 9.48. The molecule has 12 heavy (non-hydrogen) atoms. The number of nitrogens with one attached hydrogen (secondary N) is 1. The summed E-state index contributed by atoms with van der Waals surface area (Å²) in [6, 6.07) is 0. The molecule has 0 heterocycles. The summed E-state index contributed by atoms with van der Waals surface area (Å²) in [4.78, 5) is 0. The van der Waals surface area contributed by atoms with Crippen LogP contribution in [-0.2, 0) is 4.74 Å². The lowest BCUT2D eigenvalue weighted by atomic mass is 10.2.